The van der Waals surface area contributed by atoms with Crippen LogP contribution in [0.5, 0.6) is 0 Å². The number of nitrogens with zero attached hydrogens (tertiary/aromatic N) is 1. The number of benzene rings is 1. The second kappa shape index (κ2) is 5.82. The van der Waals surface area contributed by atoms with Crippen molar-refractivity contribution in [1.82, 2.24) is 0 Å². The Labute approximate surface area is 111 Å². The molecule has 0 radical (unpaired) electrons. The zero-order valence-corrected chi connectivity index (χ0v) is 10.8. The van der Waals surface area contributed by atoms with Crippen LogP contribution in [0.25, 0.3) is 0 Å². The van der Waals surface area contributed by atoms with Crippen molar-refractivity contribution < 1.29 is 13.2 Å². The van der Waals surface area contributed by atoms with Gasteiger partial charge in [0.1, 0.15) is 0 Å². The average molecular weight is 272 g/mol. The van der Waals surface area contributed by atoms with Crippen LogP contribution in [-0.2, 0) is 0 Å². The zero-order valence-electron chi connectivity index (χ0n) is 10.8. The summed E-state index contributed by atoms with van der Waals surface area (Å²) < 4.78 is 36.6. The highest BCUT2D eigenvalue weighted by Crippen LogP contribution is 2.32. The summed E-state index contributed by atoms with van der Waals surface area (Å²) >= 11 is 0. The van der Waals surface area contributed by atoms with Crippen molar-refractivity contribution in [3.05, 3.63) is 29.8 Å². The Morgan fingerprint density at radius 3 is 2.74 bits per heavy atom. The van der Waals surface area contributed by atoms with Crippen molar-refractivity contribution in [1.29, 1.82) is 0 Å². The van der Waals surface area contributed by atoms with E-state index >= 15 is 0 Å². The van der Waals surface area contributed by atoms with Crippen LogP contribution in [0, 0.1) is 0 Å². The summed E-state index contributed by atoms with van der Waals surface area (Å²) in [6.07, 6.45) is -2.86. The molecule has 2 rings (SSSR count). The van der Waals surface area contributed by atoms with Gasteiger partial charge in [0.2, 0.25) is 0 Å². The van der Waals surface area contributed by atoms with E-state index in [1.54, 1.807) is 0 Å². The molecule has 5 heteroatoms. The highest BCUT2D eigenvalue weighted by molar-refractivity contribution is 5.55. The van der Waals surface area contributed by atoms with Gasteiger partial charge in [-0.15, -0.1) is 0 Å². The molecule has 0 bridgehead atoms. The number of fused-ring (bicyclic) bond motifs is 1. The largest absolute Gasteiger partial charge is 0.389 e. The molecule has 0 saturated heterocycles. The molecule has 106 valence electrons. The molecule has 0 aliphatic carbocycles. The standard InChI is InChI=1S/C14H19F3N2/c15-14(16,17)8-4-10-19-9-3-6-12(18)11-5-1-2-7-13(11)19/h1-2,5,7,12H,3-4,6,8-10,18H2. The number of nitrogens with two attached hydrogens (primary N) is 1. The third-order valence-corrected chi connectivity index (χ3v) is 3.51. The Morgan fingerprint density at radius 2 is 2.00 bits per heavy atom. The predicted molar refractivity (Wildman–Crippen MR) is 70.1 cm³/mol. The third-order valence-electron chi connectivity index (χ3n) is 3.51. The van der Waals surface area contributed by atoms with Gasteiger partial charge in [0.25, 0.3) is 0 Å². The van der Waals surface area contributed by atoms with Crippen LogP contribution < -0.4 is 10.6 Å². The molecule has 0 amide bonds. The molecule has 0 aromatic heterocycles. The van der Waals surface area contributed by atoms with Crippen molar-refractivity contribution in [2.24, 2.45) is 5.73 Å². The highest BCUT2D eigenvalue weighted by Gasteiger charge is 2.27. The first kappa shape index (κ1) is 14.2. The molecule has 0 spiro atoms. The van der Waals surface area contributed by atoms with E-state index in [4.69, 9.17) is 5.73 Å². The van der Waals surface area contributed by atoms with Crippen LogP contribution in [-0.4, -0.2) is 19.3 Å². The molecule has 1 atom stereocenters. The molecule has 2 nitrogen and oxygen atoms in total. The van der Waals surface area contributed by atoms with E-state index in [1.165, 1.54) is 0 Å². The van der Waals surface area contributed by atoms with Crippen molar-refractivity contribution in [2.75, 3.05) is 18.0 Å². The third kappa shape index (κ3) is 3.86. The van der Waals surface area contributed by atoms with E-state index < -0.39 is 12.6 Å². The van der Waals surface area contributed by atoms with Gasteiger partial charge in [-0.25, -0.2) is 0 Å². The van der Waals surface area contributed by atoms with Crippen LogP contribution in [0.15, 0.2) is 24.3 Å². The van der Waals surface area contributed by atoms with Crippen LogP contribution >= 0.6 is 0 Å². The van der Waals surface area contributed by atoms with Gasteiger partial charge in [0, 0.05) is 31.2 Å². The van der Waals surface area contributed by atoms with Gasteiger partial charge in [-0.05, 0) is 30.9 Å². The Morgan fingerprint density at radius 1 is 1.26 bits per heavy atom. The summed E-state index contributed by atoms with van der Waals surface area (Å²) in [5.41, 5.74) is 8.14. The summed E-state index contributed by atoms with van der Waals surface area (Å²) in [5, 5.41) is 0. The van der Waals surface area contributed by atoms with Crippen molar-refractivity contribution in [2.45, 2.75) is 37.9 Å². The van der Waals surface area contributed by atoms with Crippen molar-refractivity contribution >= 4 is 5.69 Å². The summed E-state index contributed by atoms with van der Waals surface area (Å²) in [6.45, 7) is 1.21. The Kier molecular flexibility index (Phi) is 4.34. The number of rotatable bonds is 3. The lowest BCUT2D eigenvalue weighted by molar-refractivity contribution is -0.135. The molecule has 19 heavy (non-hydrogen) atoms. The van der Waals surface area contributed by atoms with Crippen LogP contribution in [0.1, 0.15) is 37.3 Å². The Bertz CT molecular complexity index is 417. The maximum absolute atomic E-state index is 12.2. The van der Waals surface area contributed by atoms with E-state index in [9.17, 15) is 13.2 Å². The topological polar surface area (TPSA) is 29.3 Å². The molecule has 1 aromatic carbocycles. The minimum atomic E-state index is -4.07. The molecule has 1 aliphatic rings. The summed E-state index contributed by atoms with van der Waals surface area (Å²) in [5.74, 6) is 0. The minimum absolute atomic E-state index is 0.0104. The number of halogens is 3. The quantitative estimate of drug-likeness (QED) is 0.910. The molecule has 1 unspecified atom stereocenters. The first-order chi connectivity index (χ1) is 8.97. The second-order valence-corrected chi connectivity index (χ2v) is 5.01. The molecule has 0 saturated carbocycles. The lowest BCUT2D eigenvalue weighted by Gasteiger charge is -2.25. The van der Waals surface area contributed by atoms with Crippen LogP contribution in [0.4, 0.5) is 18.9 Å². The van der Waals surface area contributed by atoms with Gasteiger partial charge in [-0.3, -0.25) is 0 Å². The maximum Gasteiger partial charge on any atom is 0.389 e. The van der Waals surface area contributed by atoms with Gasteiger partial charge in [-0.1, -0.05) is 18.2 Å². The predicted octanol–water partition coefficient (Wildman–Crippen LogP) is 3.63. The second-order valence-electron chi connectivity index (χ2n) is 5.01. The van der Waals surface area contributed by atoms with E-state index in [2.05, 4.69) is 0 Å². The van der Waals surface area contributed by atoms with Crippen molar-refractivity contribution in [3.63, 3.8) is 0 Å². The fourth-order valence-corrected chi connectivity index (χ4v) is 2.57. The number of anilines is 1. The van der Waals surface area contributed by atoms with E-state index in [-0.39, 0.29) is 12.5 Å². The first-order valence-corrected chi connectivity index (χ1v) is 6.63. The molecule has 1 aromatic rings. The van der Waals surface area contributed by atoms with Gasteiger partial charge in [0.05, 0.1) is 0 Å². The molecular weight excluding hydrogens is 253 g/mol. The summed E-state index contributed by atoms with van der Waals surface area (Å²) in [6, 6.07) is 7.76. The maximum atomic E-state index is 12.2. The summed E-state index contributed by atoms with van der Waals surface area (Å²) in [4.78, 5) is 2.04. The SMILES string of the molecule is NC1CCCN(CCCC(F)(F)F)c2ccccc21. The molecule has 0 fully saturated rings. The van der Waals surface area contributed by atoms with Crippen molar-refractivity contribution in [3.8, 4) is 0 Å². The minimum Gasteiger partial charge on any atom is -0.371 e. The number of hydrogen-bond donors (Lipinski definition) is 1. The van der Waals surface area contributed by atoms with Gasteiger partial charge in [0.15, 0.2) is 0 Å². The van der Waals surface area contributed by atoms with Crippen LogP contribution in [0.2, 0.25) is 0 Å². The lowest BCUT2D eigenvalue weighted by atomic mass is 10.0. The fraction of sp³-hybridized carbons (Fsp3) is 0.571. The fourth-order valence-electron chi connectivity index (χ4n) is 2.57. The number of hydrogen-bond acceptors (Lipinski definition) is 2. The molecule has 1 heterocycles. The normalized spacial score (nSPS) is 20.0. The molecule has 1 aliphatic heterocycles. The molecular formula is C14H19F3N2. The lowest BCUT2D eigenvalue weighted by Crippen LogP contribution is -2.26. The monoisotopic (exact) mass is 272 g/mol. The molecule has 2 N–H and O–H groups in total. The van der Waals surface area contributed by atoms with E-state index in [0.717, 1.165) is 30.6 Å². The summed E-state index contributed by atoms with van der Waals surface area (Å²) in [7, 11) is 0. The first-order valence-electron chi connectivity index (χ1n) is 6.63. The highest BCUT2D eigenvalue weighted by atomic mass is 19.4. The van der Waals surface area contributed by atoms with Gasteiger partial charge < -0.3 is 10.6 Å². The number of para-hydroxylation sites is 1. The van der Waals surface area contributed by atoms with E-state index in [1.807, 2.05) is 29.2 Å². The number of alkyl halides is 3. The van der Waals surface area contributed by atoms with Crippen LogP contribution in [0.3, 0.4) is 0 Å². The average Bonchev–Trinajstić information content (AvgIpc) is 2.49. The van der Waals surface area contributed by atoms with E-state index in [0.29, 0.717) is 6.54 Å². The van der Waals surface area contributed by atoms with Gasteiger partial charge in [-0.2, -0.15) is 13.2 Å². The Balaban J connectivity index is 2.06. The zero-order chi connectivity index (χ0) is 13.9. The van der Waals surface area contributed by atoms with Gasteiger partial charge >= 0.3 is 6.18 Å². The Hall–Kier alpha value is -1.23. The smallest absolute Gasteiger partial charge is 0.371 e.